The molecule has 0 radical (unpaired) electrons. The van der Waals surface area contributed by atoms with Crippen LogP contribution in [0.15, 0.2) is 0 Å². The standard InChI is InChI=1S/C11H20N2O4S/c1-8(18(2)17)5-6-12-11(16)13-7-3-4-9(13)10(14)15/h8-9H,3-7H2,1-2H3,(H,12,16)(H,14,15)/t8?,9-,18?/m1/s1. The molecule has 0 aromatic rings. The Hall–Kier alpha value is -1.11. The molecule has 7 heteroatoms. The lowest BCUT2D eigenvalue weighted by Gasteiger charge is -2.22. The molecule has 0 aromatic heterocycles. The maximum absolute atomic E-state index is 11.8. The maximum Gasteiger partial charge on any atom is 0.326 e. The summed E-state index contributed by atoms with van der Waals surface area (Å²) in [4.78, 5) is 24.1. The van der Waals surface area contributed by atoms with Gasteiger partial charge in [-0.1, -0.05) is 6.92 Å². The highest BCUT2D eigenvalue weighted by Gasteiger charge is 2.33. The van der Waals surface area contributed by atoms with E-state index >= 15 is 0 Å². The van der Waals surface area contributed by atoms with E-state index in [0.717, 1.165) is 6.42 Å². The summed E-state index contributed by atoms with van der Waals surface area (Å²) >= 11 is 0. The Morgan fingerprint density at radius 1 is 1.56 bits per heavy atom. The summed E-state index contributed by atoms with van der Waals surface area (Å²) in [6.45, 7) is 2.76. The molecule has 1 saturated heterocycles. The van der Waals surface area contributed by atoms with Crippen LogP contribution in [0, 0.1) is 0 Å². The zero-order chi connectivity index (χ0) is 13.7. The first-order valence-corrected chi connectivity index (χ1v) is 7.65. The van der Waals surface area contributed by atoms with Crippen molar-refractivity contribution >= 4 is 22.8 Å². The van der Waals surface area contributed by atoms with Gasteiger partial charge in [0.2, 0.25) is 0 Å². The van der Waals surface area contributed by atoms with Crippen molar-refractivity contribution in [1.82, 2.24) is 10.2 Å². The van der Waals surface area contributed by atoms with Gasteiger partial charge in [0.15, 0.2) is 0 Å². The quantitative estimate of drug-likeness (QED) is 0.761. The molecule has 104 valence electrons. The van der Waals surface area contributed by atoms with Crippen molar-refractivity contribution < 1.29 is 18.9 Å². The van der Waals surface area contributed by atoms with Gasteiger partial charge in [0.1, 0.15) is 6.04 Å². The molecule has 1 fully saturated rings. The van der Waals surface area contributed by atoms with Crippen LogP contribution in [0.5, 0.6) is 0 Å². The van der Waals surface area contributed by atoms with Crippen LogP contribution in [-0.4, -0.2) is 56.9 Å². The number of nitrogens with zero attached hydrogens (tertiary/aromatic N) is 1. The molecular weight excluding hydrogens is 256 g/mol. The number of hydrogen-bond donors (Lipinski definition) is 2. The van der Waals surface area contributed by atoms with Gasteiger partial charge < -0.3 is 15.3 Å². The van der Waals surface area contributed by atoms with Gasteiger partial charge in [0.25, 0.3) is 0 Å². The molecule has 0 aromatic carbocycles. The van der Waals surface area contributed by atoms with E-state index < -0.39 is 22.8 Å². The average Bonchev–Trinajstić information content (AvgIpc) is 2.77. The number of urea groups is 1. The first kappa shape index (κ1) is 14.9. The zero-order valence-electron chi connectivity index (χ0n) is 10.7. The van der Waals surface area contributed by atoms with Crippen LogP contribution in [0.4, 0.5) is 4.79 Å². The molecule has 2 amide bonds. The van der Waals surface area contributed by atoms with E-state index in [4.69, 9.17) is 5.11 Å². The van der Waals surface area contributed by atoms with Crippen LogP contribution in [0.25, 0.3) is 0 Å². The minimum atomic E-state index is -0.953. The van der Waals surface area contributed by atoms with Crippen LogP contribution in [-0.2, 0) is 15.6 Å². The smallest absolute Gasteiger partial charge is 0.326 e. The predicted molar refractivity (Wildman–Crippen MR) is 68.9 cm³/mol. The van der Waals surface area contributed by atoms with Gasteiger partial charge in [-0.25, -0.2) is 9.59 Å². The average molecular weight is 276 g/mol. The van der Waals surface area contributed by atoms with Crippen LogP contribution in [0.3, 0.4) is 0 Å². The van der Waals surface area contributed by atoms with Gasteiger partial charge in [-0.05, 0) is 19.3 Å². The van der Waals surface area contributed by atoms with Crippen molar-refractivity contribution in [2.24, 2.45) is 0 Å². The van der Waals surface area contributed by atoms with Gasteiger partial charge in [-0.3, -0.25) is 4.21 Å². The Morgan fingerprint density at radius 3 is 2.78 bits per heavy atom. The molecule has 0 bridgehead atoms. The summed E-state index contributed by atoms with van der Waals surface area (Å²) in [7, 11) is -0.900. The van der Waals surface area contributed by atoms with E-state index in [1.807, 2.05) is 6.92 Å². The van der Waals surface area contributed by atoms with Gasteiger partial charge in [0.05, 0.1) is 0 Å². The third kappa shape index (κ3) is 3.97. The second-order valence-electron chi connectivity index (χ2n) is 4.52. The molecular formula is C11H20N2O4S. The highest BCUT2D eigenvalue weighted by atomic mass is 32.2. The fourth-order valence-corrected chi connectivity index (χ4v) is 2.37. The van der Waals surface area contributed by atoms with Crippen LogP contribution < -0.4 is 5.32 Å². The number of carboxylic acids is 1. The Kier molecular flexibility index (Phi) is 5.58. The molecule has 1 aliphatic rings. The normalized spacial score (nSPS) is 22.6. The van der Waals surface area contributed by atoms with Gasteiger partial charge in [0, 0.05) is 35.4 Å². The minimum Gasteiger partial charge on any atom is -0.480 e. The molecule has 3 atom stereocenters. The summed E-state index contributed by atoms with van der Waals surface area (Å²) in [5.74, 6) is -0.953. The molecule has 18 heavy (non-hydrogen) atoms. The fraction of sp³-hybridized carbons (Fsp3) is 0.818. The predicted octanol–water partition coefficient (Wildman–Crippen LogP) is 0.402. The van der Waals surface area contributed by atoms with E-state index in [1.54, 1.807) is 6.26 Å². The number of aliphatic carboxylic acids is 1. The number of carboxylic acid groups (broad SMARTS) is 1. The first-order chi connectivity index (χ1) is 8.43. The number of rotatable bonds is 5. The third-order valence-electron chi connectivity index (χ3n) is 3.19. The second kappa shape index (κ2) is 6.72. The molecule has 2 unspecified atom stereocenters. The van der Waals surface area contributed by atoms with Gasteiger partial charge in [-0.2, -0.15) is 0 Å². The molecule has 1 heterocycles. The van der Waals surface area contributed by atoms with E-state index in [2.05, 4.69) is 5.32 Å². The molecule has 0 saturated carbocycles. The number of nitrogens with one attached hydrogen (secondary N) is 1. The summed E-state index contributed by atoms with van der Waals surface area (Å²) < 4.78 is 11.1. The molecule has 1 aliphatic heterocycles. The lowest BCUT2D eigenvalue weighted by Crippen LogP contribution is -2.46. The second-order valence-corrected chi connectivity index (χ2v) is 6.32. The van der Waals surface area contributed by atoms with Crippen molar-refractivity contribution in [3.05, 3.63) is 0 Å². The van der Waals surface area contributed by atoms with E-state index in [0.29, 0.717) is 25.9 Å². The fourth-order valence-electron chi connectivity index (χ4n) is 1.92. The highest BCUT2D eigenvalue weighted by Crippen LogP contribution is 2.17. The summed E-state index contributed by atoms with van der Waals surface area (Å²) in [5.41, 5.74) is 0. The highest BCUT2D eigenvalue weighted by molar-refractivity contribution is 7.84. The van der Waals surface area contributed by atoms with Crippen LogP contribution in [0.1, 0.15) is 26.2 Å². The molecule has 0 aliphatic carbocycles. The van der Waals surface area contributed by atoms with Gasteiger partial charge >= 0.3 is 12.0 Å². The number of carbonyl (C=O) groups excluding carboxylic acids is 1. The van der Waals surface area contributed by atoms with Gasteiger partial charge in [-0.15, -0.1) is 0 Å². The molecule has 1 rings (SSSR count). The van der Waals surface area contributed by atoms with Crippen molar-refractivity contribution in [2.45, 2.75) is 37.5 Å². The van der Waals surface area contributed by atoms with E-state index in [9.17, 15) is 13.8 Å². The van der Waals surface area contributed by atoms with Crippen molar-refractivity contribution in [3.8, 4) is 0 Å². The Morgan fingerprint density at radius 2 is 2.22 bits per heavy atom. The Labute approximate surface area is 109 Å². The number of carbonyl (C=O) groups is 2. The van der Waals surface area contributed by atoms with Crippen molar-refractivity contribution in [1.29, 1.82) is 0 Å². The lowest BCUT2D eigenvalue weighted by atomic mass is 10.2. The zero-order valence-corrected chi connectivity index (χ0v) is 11.5. The molecule has 0 spiro atoms. The Bertz CT molecular complexity index is 348. The van der Waals surface area contributed by atoms with Crippen LogP contribution >= 0.6 is 0 Å². The minimum absolute atomic E-state index is 0.0270. The summed E-state index contributed by atoms with van der Waals surface area (Å²) in [6, 6.07) is -1.04. The Balaban J connectivity index is 2.37. The lowest BCUT2D eigenvalue weighted by molar-refractivity contribution is -0.141. The summed E-state index contributed by atoms with van der Waals surface area (Å²) in [5, 5.41) is 11.7. The van der Waals surface area contributed by atoms with E-state index in [-0.39, 0.29) is 11.3 Å². The van der Waals surface area contributed by atoms with E-state index in [1.165, 1.54) is 4.90 Å². The number of hydrogen-bond acceptors (Lipinski definition) is 3. The molecule has 2 N–H and O–H groups in total. The van der Waals surface area contributed by atoms with Crippen molar-refractivity contribution in [2.75, 3.05) is 19.3 Å². The monoisotopic (exact) mass is 276 g/mol. The topological polar surface area (TPSA) is 86.7 Å². The number of likely N-dealkylation sites (tertiary alicyclic amines) is 1. The first-order valence-electron chi connectivity index (χ1n) is 6.03. The summed E-state index contributed by atoms with van der Waals surface area (Å²) in [6.07, 6.45) is 3.49. The van der Waals surface area contributed by atoms with Crippen LogP contribution in [0.2, 0.25) is 0 Å². The largest absolute Gasteiger partial charge is 0.480 e. The SMILES string of the molecule is CC(CCNC(=O)N1CCC[C@@H]1C(=O)O)S(C)=O. The number of amides is 2. The maximum atomic E-state index is 11.8. The molecule has 6 nitrogen and oxygen atoms in total. The third-order valence-corrected chi connectivity index (χ3v) is 4.56. The van der Waals surface area contributed by atoms with Crippen molar-refractivity contribution in [3.63, 3.8) is 0 Å².